The SMILES string of the molecule is CN1C(=O)c2ccc(C(=O)NCc3ccccc3COc3ccccc3)cc2C1=O. The summed E-state index contributed by atoms with van der Waals surface area (Å²) >= 11 is 0. The summed E-state index contributed by atoms with van der Waals surface area (Å²) in [6.07, 6.45) is 0. The van der Waals surface area contributed by atoms with Crippen molar-refractivity contribution in [2.75, 3.05) is 7.05 Å². The molecular formula is C24H20N2O4. The number of hydrogen-bond acceptors (Lipinski definition) is 4. The second kappa shape index (κ2) is 8.21. The lowest BCUT2D eigenvalue weighted by Gasteiger charge is -2.12. The van der Waals surface area contributed by atoms with Gasteiger partial charge in [0.25, 0.3) is 17.7 Å². The molecule has 1 N–H and O–H groups in total. The summed E-state index contributed by atoms with van der Waals surface area (Å²) in [6.45, 7) is 0.703. The van der Waals surface area contributed by atoms with Gasteiger partial charge in [-0.2, -0.15) is 0 Å². The Morgan fingerprint density at radius 2 is 1.53 bits per heavy atom. The van der Waals surface area contributed by atoms with Gasteiger partial charge in [-0.25, -0.2) is 0 Å². The second-order valence-electron chi connectivity index (χ2n) is 6.98. The molecule has 6 heteroatoms. The molecule has 30 heavy (non-hydrogen) atoms. The van der Waals surface area contributed by atoms with Crippen molar-refractivity contribution in [3.8, 4) is 5.75 Å². The third-order valence-electron chi connectivity index (χ3n) is 5.05. The van der Waals surface area contributed by atoms with Crippen LogP contribution in [0.15, 0.2) is 72.8 Å². The van der Waals surface area contributed by atoms with Crippen LogP contribution in [0.1, 0.15) is 42.2 Å². The summed E-state index contributed by atoms with van der Waals surface area (Å²) in [5, 5.41) is 2.88. The lowest BCUT2D eigenvalue weighted by atomic mass is 10.0. The number of hydrogen-bond donors (Lipinski definition) is 1. The zero-order valence-corrected chi connectivity index (χ0v) is 16.4. The molecule has 0 spiro atoms. The number of amides is 3. The zero-order chi connectivity index (χ0) is 21.1. The molecule has 0 aliphatic carbocycles. The number of carbonyl (C=O) groups is 3. The average molecular weight is 400 g/mol. The molecule has 0 saturated carbocycles. The first-order chi connectivity index (χ1) is 14.5. The highest BCUT2D eigenvalue weighted by Gasteiger charge is 2.33. The fourth-order valence-corrected chi connectivity index (χ4v) is 3.33. The summed E-state index contributed by atoms with van der Waals surface area (Å²) in [4.78, 5) is 37.8. The molecule has 150 valence electrons. The lowest BCUT2D eigenvalue weighted by molar-refractivity contribution is 0.0693. The van der Waals surface area contributed by atoms with Gasteiger partial charge in [0.15, 0.2) is 0 Å². The summed E-state index contributed by atoms with van der Waals surface area (Å²) in [6, 6.07) is 21.8. The van der Waals surface area contributed by atoms with Gasteiger partial charge >= 0.3 is 0 Å². The maximum Gasteiger partial charge on any atom is 0.261 e. The monoisotopic (exact) mass is 400 g/mol. The maximum atomic E-state index is 12.6. The first-order valence-electron chi connectivity index (χ1n) is 9.54. The average Bonchev–Trinajstić information content (AvgIpc) is 3.01. The van der Waals surface area contributed by atoms with Crippen molar-refractivity contribution >= 4 is 17.7 Å². The third kappa shape index (κ3) is 3.80. The molecule has 0 bridgehead atoms. The molecule has 0 radical (unpaired) electrons. The number of rotatable bonds is 6. The van der Waals surface area contributed by atoms with Gasteiger partial charge < -0.3 is 10.1 Å². The van der Waals surface area contributed by atoms with E-state index in [1.165, 1.54) is 19.2 Å². The van der Waals surface area contributed by atoms with Crippen LogP contribution in [0.5, 0.6) is 5.75 Å². The number of imide groups is 1. The molecule has 3 aromatic carbocycles. The minimum Gasteiger partial charge on any atom is -0.489 e. The third-order valence-corrected chi connectivity index (χ3v) is 5.05. The topological polar surface area (TPSA) is 75.7 Å². The molecule has 1 aliphatic heterocycles. The van der Waals surface area contributed by atoms with Gasteiger partial charge in [-0.1, -0.05) is 42.5 Å². The van der Waals surface area contributed by atoms with Crippen LogP contribution in [0.25, 0.3) is 0 Å². The first-order valence-corrected chi connectivity index (χ1v) is 9.54. The van der Waals surface area contributed by atoms with Crippen LogP contribution in [0.2, 0.25) is 0 Å². The molecule has 0 fully saturated rings. The zero-order valence-electron chi connectivity index (χ0n) is 16.4. The van der Waals surface area contributed by atoms with Gasteiger partial charge in [0, 0.05) is 19.2 Å². The Kier molecular flexibility index (Phi) is 5.30. The highest BCUT2D eigenvalue weighted by Crippen LogP contribution is 2.23. The molecule has 0 atom stereocenters. The highest BCUT2D eigenvalue weighted by atomic mass is 16.5. The minimum absolute atomic E-state index is 0.256. The van der Waals surface area contributed by atoms with Gasteiger partial charge in [0.05, 0.1) is 11.1 Å². The van der Waals surface area contributed by atoms with Crippen LogP contribution in [-0.2, 0) is 13.2 Å². The van der Waals surface area contributed by atoms with Crippen molar-refractivity contribution in [3.05, 3.63) is 101 Å². The molecule has 1 aliphatic rings. The van der Waals surface area contributed by atoms with E-state index >= 15 is 0 Å². The standard InChI is InChI=1S/C24H20N2O4/c1-26-23(28)20-12-11-16(13-21(20)24(26)29)22(27)25-14-17-7-5-6-8-18(17)15-30-19-9-3-2-4-10-19/h2-13H,14-15H2,1H3,(H,25,27). The maximum absolute atomic E-state index is 12.6. The van der Waals surface area contributed by atoms with E-state index < -0.39 is 5.91 Å². The van der Waals surface area contributed by atoms with E-state index in [-0.39, 0.29) is 17.4 Å². The molecule has 3 aromatic rings. The van der Waals surface area contributed by atoms with Crippen molar-refractivity contribution in [2.45, 2.75) is 13.2 Å². The Labute approximate surface area is 174 Å². The predicted octanol–water partition coefficient (Wildman–Crippen LogP) is 3.42. The number of ether oxygens (including phenoxy) is 1. The molecule has 6 nitrogen and oxygen atoms in total. The predicted molar refractivity (Wildman–Crippen MR) is 111 cm³/mol. The van der Waals surface area contributed by atoms with Crippen molar-refractivity contribution in [1.82, 2.24) is 10.2 Å². The van der Waals surface area contributed by atoms with Crippen molar-refractivity contribution in [3.63, 3.8) is 0 Å². The fraction of sp³-hybridized carbons (Fsp3) is 0.125. The number of carbonyl (C=O) groups excluding carboxylic acids is 3. The highest BCUT2D eigenvalue weighted by molar-refractivity contribution is 6.21. The molecular weight excluding hydrogens is 380 g/mol. The molecule has 0 unspecified atom stereocenters. The summed E-state index contributed by atoms with van der Waals surface area (Å²) in [5.74, 6) is -0.285. The molecule has 0 saturated heterocycles. The van der Waals surface area contributed by atoms with Crippen LogP contribution in [-0.4, -0.2) is 29.7 Å². The largest absolute Gasteiger partial charge is 0.489 e. The van der Waals surface area contributed by atoms with Crippen LogP contribution in [0.3, 0.4) is 0 Å². The molecule has 0 aromatic heterocycles. The number of para-hydroxylation sites is 1. The van der Waals surface area contributed by atoms with Crippen molar-refractivity contribution in [1.29, 1.82) is 0 Å². The van der Waals surface area contributed by atoms with Crippen molar-refractivity contribution in [2.24, 2.45) is 0 Å². The van der Waals surface area contributed by atoms with Gasteiger partial charge in [0.2, 0.25) is 0 Å². The minimum atomic E-state index is -0.395. The number of nitrogens with one attached hydrogen (secondary N) is 1. The van der Waals surface area contributed by atoms with Gasteiger partial charge in [0.1, 0.15) is 12.4 Å². The van der Waals surface area contributed by atoms with Gasteiger partial charge in [-0.15, -0.1) is 0 Å². The number of nitrogens with zero attached hydrogens (tertiary/aromatic N) is 1. The Hall–Kier alpha value is -3.93. The van der Waals surface area contributed by atoms with E-state index in [9.17, 15) is 14.4 Å². The summed E-state index contributed by atoms with van der Waals surface area (Å²) in [5.41, 5.74) is 2.82. The van der Waals surface area contributed by atoms with Crippen LogP contribution < -0.4 is 10.1 Å². The summed E-state index contributed by atoms with van der Waals surface area (Å²) in [7, 11) is 1.43. The second-order valence-corrected chi connectivity index (χ2v) is 6.98. The summed E-state index contributed by atoms with van der Waals surface area (Å²) < 4.78 is 5.82. The molecule has 1 heterocycles. The van der Waals surface area contributed by atoms with E-state index in [1.807, 2.05) is 54.6 Å². The number of fused-ring (bicyclic) bond motifs is 1. The quantitative estimate of drug-likeness (QED) is 0.644. The normalized spacial score (nSPS) is 12.6. The lowest BCUT2D eigenvalue weighted by Crippen LogP contribution is -2.24. The van der Waals surface area contributed by atoms with Crippen LogP contribution >= 0.6 is 0 Å². The Balaban J connectivity index is 1.44. The van der Waals surface area contributed by atoms with E-state index in [2.05, 4.69) is 5.32 Å². The van der Waals surface area contributed by atoms with E-state index in [0.717, 1.165) is 21.8 Å². The first kappa shape index (κ1) is 19.4. The van der Waals surface area contributed by atoms with Crippen LogP contribution in [0, 0.1) is 0 Å². The van der Waals surface area contributed by atoms with Crippen LogP contribution in [0.4, 0.5) is 0 Å². The Bertz CT molecular complexity index is 1130. The smallest absolute Gasteiger partial charge is 0.261 e. The van der Waals surface area contributed by atoms with E-state index in [0.29, 0.717) is 24.3 Å². The van der Waals surface area contributed by atoms with Crippen molar-refractivity contribution < 1.29 is 19.1 Å². The van der Waals surface area contributed by atoms with E-state index in [1.54, 1.807) is 6.07 Å². The molecule has 3 amide bonds. The Morgan fingerprint density at radius 3 is 2.30 bits per heavy atom. The van der Waals surface area contributed by atoms with E-state index in [4.69, 9.17) is 4.74 Å². The molecule has 4 rings (SSSR count). The fourth-order valence-electron chi connectivity index (χ4n) is 3.33. The Morgan fingerprint density at radius 1 is 0.867 bits per heavy atom. The van der Waals surface area contributed by atoms with Gasteiger partial charge in [-0.05, 0) is 41.5 Å². The number of benzene rings is 3. The van der Waals surface area contributed by atoms with Gasteiger partial charge in [-0.3, -0.25) is 19.3 Å².